The zero-order chi connectivity index (χ0) is 11.6. The van der Waals surface area contributed by atoms with Crippen molar-refractivity contribution in [1.29, 1.82) is 0 Å². The van der Waals surface area contributed by atoms with Gasteiger partial charge in [-0.2, -0.15) is 0 Å². The van der Waals surface area contributed by atoms with Gasteiger partial charge in [-0.05, 0) is 51.0 Å². The van der Waals surface area contributed by atoms with Crippen LogP contribution in [0.4, 0.5) is 0 Å². The minimum absolute atomic E-state index is 0.256. The number of hydrogen-bond donors (Lipinski definition) is 1. The molecule has 0 aromatic rings. The van der Waals surface area contributed by atoms with Gasteiger partial charge in [0.2, 0.25) is 0 Å². The van der Waals surface area contributed by atoms with E-state index in [2.05, 4.69) is 11.8 Å². The third kappa shape index (κ3) is 2.41. The second kappa shape index (κ2) is 5.03. The monoisotopic (exact) mass is 226 g/mol. The summed E-state index contributed by atoms with van der Waals surface area (Å²) in [6.07, 6.45) is 5.37. The Morgan fingerprint density at radius 3 is 2.69 bits per heavy atom. The molecule has 2 unspecified atom stereocenters. The fourth-order valence-corrected chi connectivity index (χ4v) is 3.16. The van der Waals surface area contributed by atoms with Gasteiger partial charge in [0.15, 0.2) is 0 Å². The molecule has 0 spiro atoms. The lowest BCUT2D eigenvalue weighted by atomic mass is 9.88. The van der Waals surface area contributed by atoms with Gasteiger partial charge in [-0.15, -0.1) is 0 Å². The number of nitrogens with two attached hydrogens (primary N) is 1. The highest BCUT2D eigenvalue weighted by Gasteiger charge is 2.45. The van der Waals surface area contributed by atoms with Crippen molar-refractivity contribution in [2.75, 3.05) is 33.4 Å². The molecular formula is C13H26N2O. The first kappa shape index (κ1) is 12.3. The van der Waals surface area contributed by atoms with Crippen LogP contribution in [0, 0.1) is 11.8 Å². The zero-order valence-corrected chi connectivity index (χ0v) is 10.7. The fraction of sp³-hybridized carbons (Fsp3) is 1.00. The van der Waals surface area contributed by atoms with Crippen LogP contribution in [-0.4, -0.2) is 43.8 Å². The van der Waals surface area contributed by atoms with Gasteiger partial charge in [-0.3, -0.25) is 4.90 Å². The number of nitrogens with zero attached hydrogens (tertiary/aromatic N) is 1. The Kier molecular flexibility index (Phi) is 3.88. The molecule has 2 rings (SSSR count). The number of rotatable bonds is 5. The summed E-state index contributed by atoms with van der Waals surface area (Å²) < 4.78 is 5.29. The Balaban J connectivity index is 1.96. The molecule has 1 aliphatic carbocycles. The first-order chi connectivity index (χ1) is 7.70. The maximum atomic E-state index is 6.03. The van der Waals surface area contributed by atoms with Gasteiger partial charge in [0.1, 0.15) is 0 Å². The lowest BCUT2D eigenvalue weighted by molar-refractivity contribution is 0.0198. The Morgan fingerprint density at radius 2 is 2.12 bits per heavy atom. The molecule has 0 amide bonds. The molecule has 2 fully saturated rings. The molecule has 0 radical (unpaired) electrons. The molecule has 1 heterocycles. The van der Waals surface area contributed by atoms with Crippen LogP contribution in [0.2, 0.25) is 0 Å². The minimum atomic E-state index is 0.256. The SMILES string of the molecule is COCC1CCCN(C(C)(CN)C2CC2)C1. The Labute approximate surface area is 99.3 Å². The van der Waals surface area contributed by atoms with Gasteiger partial charge in [-0.25, -0.2) is 0 Å². The Morgan fingerprint density at radius 1 is 1.38 bits per heavy atom. The Hall–Kier alpha value is -0.120. The Bertz CT molecular complexity index is 228. The van der Waals surface area contributed by atoms with E-state index >= 15 is 0 Å². The molecule has 2 aliphatic rings. The topological polar surface area (TPSA) is 38.5 Å². The van der Waals surface area contributed by atoms with Crippen molar-refractivity contribution in [2.45, 2.75) is 38.1 Å². The van der Waals surface area contributed by atoms with Crippen molar-refractivity contribution in [3.05, 3.63) is 0 Å². The number of hydrogen-bond acceptors (Lipinski definition) is 3. The van der Waals surface area contributed by atoms with Gasteiger partial charge in [0.25, 0.3) is 0 Å². The molecule has 94 valence electrons. The van der Waals surface area contributed by atoms with Crippen molar-refractivity contribution in [2.24, 2.45) is 17.6 Å². The van der Waals surface area contributed by atoms with Crippen LogP contribution in [0.5, 0.6) is 0 Å². The quantitative estimate of drug-likeness (QED) is 0.771. The van der Waals surface area contributed by atoms with E-state index in [0.717, 1.165) is 19.1 Å². The third-order valence-corrected chi connectivity index (χ3v) is 4.51. The van der Waals surface area contributed by atoms with Crippen LogP contribution in [0.3, 0.4) is 0 Å². The number of piperidine rings is 1. The van der Waals surface area contributed by atoms with E-state index < -0.39 is 0 Å². The van der Waals surface area contributed by atoms with E-state index in [1.165, 1.54) is 38.8 Å². The maximum Gasteiger partial charge on any atom is 0.0502 e. The van der Waals surface area contributed by atoms with Crippen molar-refractivity contribution < 1.29 is 4.74 Å². The van der Waals surface area contributed by atoms with Crippen molar-refractivity contribution in [1.82, 2.24) is 4.90 Å². The summed E-state index contributed by atoms with van der Waals surface area (Å²) in [4.78, 5) is 2.64. The predicted octanol–water partition coefficient (Wildman–Crippen LogP) is 1.47. The molecule has 2 atom stereocenters. The summed E-state index contributed by atoms with van der Waals surface area (Å²) in [5.74, 6) is 1.56. The minimum Gasteiger partial charge on any atom is -0.384 e. The number of likely N-dealkylation sites (tertiary alicyclic amines) is 1. The standard InChI is InChI=1S/C13H26N2O/c1-13(10-14,12-5-6-12)15-7-3-4-11(8-15)9-16-2/h11-12H,3-10,14H2,1-2H3. The van der Waals surface area contributed by atoms with E-state index in [9.17, 15) is 0 Å². The van der Waals surface area contributed by atoms with E-state index in [1.807, 2.05) is 7.11 Å². The van der Waals surface area contributed by atoms with Gasteiger partial charge in [-0.1, -0.05) is 0 Å². The highest BCUT2D eigenvalue weighted by Crippen LogP contribution is 2.43. The second-order valence-electron chi connectivity index (χ2n) is 5.75. The van der Waals surface area contributed by atoms with E-state index in [-0.39, 0.29) is 5.54 Å². The predicted molar refractivity (Wildman–Crippen MR) is 66.4 cm³/mol. The van der Waals surface area contributed by atoms with Crippen LogP contribution < -0.4 is 5.73 Å². The van der Waals surface area contributed by atoms with Gasteiger partial charge in [0, 0.05) is 25.7 Å². The molecule has 1 saturated heterocycles. The molecule has 1 aliphatic heterocycles. The van der Waals surface area contributed by atoms with Crippen LogP contribution in [-0.2, 0) is 4.74 Å². The molecule has 3 nitrogen and oxygen atoms in total. The summed E-state index contributed by atoms with van der Waals surface area (Å²) in [6.45, 7) is 6.47. The summed E-state index contributed by atoms with van der Waals surface area (Å²) in [5, 5.41) is 0. The van der Waals surface area contributed by atoms with Crippen LogP contribution in [0.15, 0.2) is 0 Å². The van der Waals surface area contributed by atoms with Crippen LogP contribution >= 0.6 is 0 Å². The van der Waals surface area contributed by atoms with Crippen LogP contribution in [0.25, 0.3) is 0 Å². The van der Waals surface area contributed by atoms with Crippen molar-refractivity contribution >= 4 is 0 Å². The smallest absolute Gasteiger partial charge is 0.0502 e. The van der Waals surface area contributed by atoms with Gasteiger partial charge < -0.3 is 10.5 Å². The molecule has 0 aromatic carbocycles. The molecular weight excluding hydrogens is 200 g/mol. The number of ether oxygens (including phenoxy) is 1. The normalized spacial score (nSPS) is 31.3. The number of methoxy groups -OCH3 is 1. The summed E-state index contributed by atoms with van der Waals surface area (Å²) >= 11 is 0. The molecule has 16 heavy (non-hydrogen) atoms. The average Bonchev–Trinajstić information content (AvgIpc) is 3.13. The van der Waals surface area contributed by atoms with Crippen molar-refractivity contribution in [3.8, 4) is 0 Å². The lowest BCUT2D eigenvalue weighted by Crippen LogP contribution is -2.57. The van der Waals surface area contributed by atoms with E-state index in [1.54, 1.807) is 0 Å². The molecule has 0 bridgehead atoms. The maximum absolute atomic E-state index is 6.03. The highest BCUT2D eigenvalue weighted by atomic mass is 16.5. The average molecular weight is 226 g/mol. The fourth-order valence-electron chi connectivity index (χ4n) is 3.16. The molecule has 1 saturated carbocycles. The van der Waals surface area contributed by atoms with Gasteiger partial charge >= 0.3 is 0 Å². The summed E-state index contributed by atoms with van der Waals surface area (Å²) in [7, 11) is 1.81. The molecule has 0 aromatic heterocycles. The van der Waals surface area contributed by atoms with Crippen molar-refractivity contribution in [3.63, 3.8) is 0 Å². The van der Waals surface area contributed by atoms with E-state index in [4.69, 9.17) is 10.5 Å². The first-order valence-corrected chi connectivity index (χ1v) is 6.64. The molecule has 2 N–H and O–H groups in total. The zero-order valence-electron chi connectivity index (χ0n) is 10.7. The van der Waals surface area contributed by atoms with Gasteiger partial charge in [0.05, 0.1) is 6.61 Å². The summed E-state index contributed by atoms with van der Waals surface area (Å²) in [5.41, 5.74) is 6.28. The summed E-state index contributed by atoms with van der Waals surface area (Å²) in [6, 6.07) is 0. The largest absolute Gasteiger partial charge is 0.384 e. The second-order valence-corrected chi connectivity index (χ2v) is 5.75. The first-order valence-electron chi connectivity index (χ1n) is 6.64. The van der Waals surface area contributed by atoms with Crippen LogP contribution in [0.1, 0.15) is 32.6 Å². The highest BCUT2D eigenvalue weighted by molar-refractivity contribution is 5.01. The molecule has 3 heteroatoms. The lowest BCUT2D eigenvalue weighted by Gasteiger charge is -2.45. The van der Waals surface area contributed by atoms with E-state index in [0.29, 0.717) is 5.92 Å². The third-order valence-electron chi connectivity index (χ3n) is 4.51.